The summed E-state index contributed by atoms with van der Waals surface area (Å²) in [5.74, 6) is 2.37. The van der Waals surface area contributed by atoms with E-state index in [1.807, 2.05) is 6.07 Å². The first-order valence-corrected chi connectivity index (χ1v) is 28.2. The summed E-state index contributed by atoms with van der Waals surface area (Å²) in [5.41, 5.74) is 25.1. The highest BCUT2D eigenvalue weighted by atomic mass is 16.5. The lowest BCUT2D eigenvalue weighted by Crippen LogP contribution is -2.61. The molecule has 0 N–H and O–H groups in total. The van der Waals surface area contributed by atoms with Crippen LogP contribution in [0.4, 0.5) is 51.2 Å². The molecule has 6 nitrogen and oxygen atoms in total. The van der Waals surface area contributed by atoms with Gasteiger partial charge in [-0.05, 0) is 176 Å². The molecule has 4 aliphatic rings. The molecule has 80 heavy (non-hydrogen) atoms. The number of furan rings is 1. The highest BCUT2D eigenvalue weighted by Crippen LogP contribution is 2.52. The average Bonchev–Trinajstić information content (AvgIpc) is 4.02. The lowest BCUT2D eigenvalue weighted by molar-refractivity contribution is 0.297. The Morgan fingerprint density at radius 1 is 0.487 bits per heavy atom. The van der Waals surface area contributed by atoms with Crippen molar-refractivity contribution in [2.75, 3.05) is 27.9 Å². The first-order chi connectivity index (χ1) is 38.9. The fraction of sp³-hybridized carbons (Fsp3) is 0.151. The molecule has 0 amide bonds. The quantitative estimate of drug-likeness (QED) is 0.148. The number of fused-ring (bicyclic) bond motifs is 9. The van der Waals surface area contributed by atoms with Crippen molar-refractivity contribution < 1.29 is 13.9 Å². The smallest absolute Gasteiger partial charge is 0.252 e. The van der Waals surface area contributed by atoms with Crippen molar-refractivity contribution in [3.05, 3.63) is 241 Å². The van der Waals surface area contributed by atoms with Crippen LogP contribution in [-0.2, 0) is 10.8 Å². The van der Waals surface area contributed by atoms with Gasteiger partial charge in [-0.2, -0.15) is 0 Å². The molecular formula is C73H60BN3O3. The Labute approximate surface area is 469 Å². The number of hydrogen-bond donors (Lipinski definition) is 0. The molecule has 388 valence electrons. The maximum atomic E-state index is 6.84. The molecule has 0 spiro atoms. The summed E-state index contributed by atoms with van der Waals surface area (Å²) in [6.45, 7) is 15.1. The van der Waals surface area contributed by atoms with Crippen LogP contribution in [0.2, 0.25) is 0 Å². The molecule has 0 fully saturated rings. The van der Waals surface area contributed by atoms with Gasteiger partial charge in [0.25, 0.3) is 6.71 Å². The van der Waals surface area contributed by atoms with Crippen LogP contribution in [0.5, 0.6) is 11.5 Å². The fourth-order valence-corrected chi connectivity index (χ4v) is 13.2. The number of anilines is 9. The van der Waals surface area contributed by atoms with Gasteiger partial charge in [-0.1, -0.05) is 144 Å². The van der Waals surface area contributed by atoms with E-state index in [1.54, 1.807) is 0 Å². The second-order valence-corrected chi connectivity index (χ2v) is 23.6. The molecule has 10 aromatic carbocycles. The van der Waals surface area contributed by atoms with E-state index in [0.717, 1.165) is 108 Å². The largest absolute Gasteiger partial charge is 0.490 e. The molecule has 1 aromatic heterocycles. The van der Waals surface area contributed by atoms with E-state index in [-0.39, 0.29) is 17.5 Å². The maximum absolute atomic E-state index is 6.84. The normalized spacial score (nSPS) is 14.4. The van der Waals surface area contributed by atoms with Crippen molar-refractivity contribution in [3.63, 3.8) is 0 Å². The number of rotatable bonds is 7. The van der Waals surface area contributed by atoms with Gasteiger partial charge in [-0.25, -0.2) is 0 Å². The standard InChI is InChI=1S/C73H60BN3O3/c1-46-36-65-71-66(37-46)77(56-39-49(38-50(40-56)69-42-48-18-13-16-25-67(48)80-69)47-26-30-58-57-23-14-15-24-59(57)73(5,6)60(58)41-47)64-44-54(75(52-19-9-7-10-20-52)53-21-11-8-12-22-53)28-31-61(64)74(71)62-43-51(72(2,3)4)27-32-63(62)76(65)55-29-33-68-70(45-55)79-35-17-34-78-68/h7-16,18-33,36-45H,17,34-35H2,1-6H3. The number of aryl methyl sites for hydroxylation is 1. The summed E-state index contributed by atoms with van der Waals surface area (Å²) >= 11 is 0. The first-order valence-electron chi connectivity index (χ1n) is 28.2. The van der Waals surface area contributed by atoms with E-state index in [4.69, 9.17) is 13.9 Å². The third-order valence-electron chi connectivity index (χ3n) is 17.1. The zero-order valence-electron chi connectivity index (χ0n) is 46.0. The maximum Gasteiger partial charge on any atom is 0.252 e. The molecule has 11 aromatic rings. The Balaban J connectivity index is 1.02. The Bertz CT molecular complexity index is 4220. The molecule has 0 bridgehead atoms. The Kier molecular flexibility index (Phi) is 10.9. The van der Waals surface area contributed by atoms with Gasteiger partial charge in [0.1, 0.15) is 11.3 Å². The predicted molar refractivity (Wildman–Crippen MR) is 332 cm³/mol. The summed E-state index contributed by atoms with van der Waals surface area (Å²) in [6.07, 6.45) is 0.836. The minimum Gasteiger partial charge on any atom is -0.490 e. The second kappa shape index (κ2) is 18.2. The predicted octanol–water partition coefficient (Wildman–Crippen LogP) is 17.4. The van der Waals surface area contributed by atoms with E-state index >= 15 is 0 Å². The van der Waals surface area contributed by atoms with E-state index in [0.29, 0.717) is 13.2 Å². The molecule has 7 heteroatoms. The third-order valence-corrected chi connectivity index (χ3v) is 17.1. The number of ether oxygens (including phenoxy) is 2. The van der Waals surface area contributed by atoms with Crippen LogP contribution < -0.4 is 40.6 Å². The molecule has 1 aliphatic carbocycles. The highest BCUT2D eigenvalue weighted by Gasteiger charge is 2.45. The number of nitrogens with zero attached hydrogens (tertiary/aromatic N) is 3. The number of hydrogen-bond acceptors (Lipinski definition) is 6. The second-order valence-electron chi connectivity index (χ2n) is 23.6. The Hall–Kier alpha value is -9.20. The van der Waals surface area contributed by atoms with Gasteiger partial charge in [0.05, 0.1) is 18.9 Å². The van der Waals surface area contributed by atoms with E-state index in [1.165, 1.54) is 44.2 Å². The van der Waals surface area contributed by atoms with Crippen molar-refractivity contribution >= 4 is 85.3 Å². The van der Waals surface area contributed by atoms with Gasteiger partial charge < -0.3 is 28.6 Å². The van der Waals surface area contributed by atoms with Gasteiger partial charge in [0.15, 0.2) is 11.5 Å². The zero-order chi connectivity index (χ0) is 54.0. The lowest BCUT2D eigenvalue weighted by atomic mass is 9.33. The van der Waals surface area contributed by atoms with Gasteiger partial charge in [-0.3, -0.25) is 0 Å². The topological polar surface area (TPSA) is 41.3 Å². The van der Waals surface area contributed by atoms with Crippen molar-refractivity contribution in [2.45, 2.75) is 58.8 Å². The molecule has 15 rings (SSSR count). The molecule has 3 aliphatic heterocycles. The van der Waals surface area contributed by atoms with Gasteiger partial charge in [0.2, 0.25) is 0 Å². The molecule has 4 heterocycles. The lowest BCUT2D eigenvalue weighted by Gasteiger charge is -2.45. The monoisotopic (exact) mass is 1040 g/mol. The molecular weight excluding hydrogens is 978 g/mol. The summed E-state index contributed by atoms with van der Waals surface area (Å²) in [6, 6.07) is 80.8. The van der Waals surface area contributed by atoms with E-state index in [9.17, 15) is 0 Å². The zero-order valence-corrected chi connectivity index (χ0v) is 46.0. The minimum absolute atomic E-state index is 0.103. The summed E-state index contributed by atoms with van der Waals surface area (Å²) < 4.78 is 19.5. The van der Waals surface area contributed by atoms with Crippen molar-refractivity contribution in [1.29, 1.82) is 0 Å². The minimum atomic E-state index is -0.173. The van der Waals surface area contributed by atoms with Crippen LogP contribution in [0.3, 0.4) is 0 Å². The van der Waals surface area contributed by atoms with Crippen molar-refractivity contribution in [1.82, 2.24) is 0 Å². The molecule has 0 unspecified atom stereocenters. The van der Waals surface area contributed by atoms with E-state index < -0.39 is 0 Å². The summed E-state index contributed by atoms with van der Waals surface area (Å²) in [5, 5.41) is 1.07. The van der Waals surface area contributed by atoms with Crippen LogP contribution in [0, 0.1) is 6.92 Å². The fourth-order valence-electron chi connectivity index (χ4n) is 13.2. The third kappa shape index (κ3) is 7.69. The molecule has 0 radical (unpaired) electrons. The van der Waals surface area contributed by atoms with Crippen LogP contribution in [0.1, 0.15) is 63.3 Å². The van der Waals surface area contributed by atoms with Crippen molar-refractivity contribution in [3.8, 4) is 45.1 Å². The van der Waals surface area contributed by atoms with E-state index in [2.05, 4.69) is 269 Å². The van der Waals surface area contributed by atoms with Gasteiger partial charge in [-0.15, -0.1) is 0 Å². The van der Waals surface area contributed by atoms with Crippen LogP contribution in [-0.4, -0.2) is 19.9 Å². The van der Waals surface area contributed by atoms with Gasteiger partial charge in [0, 0.05) is 74.4 Å². The van der Waals surface area contributed by atoms with Crippen LogP contribution in [0.25, 0.3) is 44.5 Å². The van der Waals surface area contributed by atoms with Crippen LogP contribution in [0.15, 0.2) is 223 Å². The molecule has 0 atom stereocenters. The first kappa shape index (κ1) is 48.0. The van der Waals surface area contributed by atoms with Gasteiger partial charge >= 0.3 is 0 Å². The highest BCUT2D eigenvalue weighted by molar-refractivity contribution is 7.00. The number of para-hydroxylation sites is 3. The summed E-state index contributed by atoms with van der Waals surface area (Å²) in [4.78, 5) is 7.42. The average molecular weight is 1040 g/mol. The molecule has 0 saturated carbocycles. The SMILES string of the molecule is Cc1cc2c3c(c1)N(c1cc(-c4ccc5c(c4)C(C)(C)c4ccccc4-5)cc(-c4cc5ccccc5o4)c1)c1cc(N(c4ccccc4)c4ccccc4)ccc1B3c1cc(C(C)(C)C)ccc1N2c1ccc2c(c1)OCCCO2. The summed E-state index contributed by atoms with van der Waals surface area (Å²) in [7, 11) is 0. The number of benzene rings is 10. The Morgan fingerprint density at radius 3 is 1.94 bits per heavy atom. The van der Waals surface area contributed by atoms with Crippen LogP contribution >= 0.6 is 0 Å². The Morgan fingerprint density at radius 2 is 1.18 bits per heavy atom. The molecule has 0 saturated heterocycles. The van der Waals surface area contributed by atoms with Crippen molar-refractivity contribution in [2.24, 2.45) is 0 Å².